The van der Waals surface area contributed by atoms with E-state index in [0.29, 0.717) is 0 Å². The molecular weight excluding hydrogens is 144 g/mol. The van der Waals surface area contributed by atoms with Gasteiger partial charge in [-0.25, -0.2) is 0 Å². The van der Waals surface area contributed by atoms with Crippen molar-refractivity contribution in [3.8, 4) is 5.75 Å². The number of rotatable bonds is 0. The van der Waals surface area contributed by atoms with Crippen LogP contribution in [0, 0.1) is 0 Å². The molecule has 0 N–H and O–H groups in total. The summed E-state index contributed by atoms with van der Waals surface area (Å²) in [5.74, 6) is 0.928. The summed E-state index contributed by atoms with van der Waals surface area (Å²) >= 11 is 1.57. The Morgan fingerprint density at radius 1 is 1.30 bits per heavy atom. The summed E-state index contributed by atoms with van der Waals surface area (Å²) < 4.78 is 5.28. The largest absolute Gasteiger partial charge is 0.450 e. The molecule has 2 heteroatoms. The van der Waals surface area contributed by atoms with Crippen LogP contribution in [0.4, 0.5) is 0 Å². The lowest BCUT2D eigenvalue weighted by atomic mass is 10.3. The minimum atomic E-state index is 0.765. The molecule has 0 fully saturated rings. The highest BCUT2D eigenvalue weighted by Gasteiger charge is 2.14. The molecule has 0 aliphatic carbocycles. The normalized spacial score (nSPS) is 14.6. The molecule has 0 bridgehead atoms. The standard InChI is InChI=1S/C8H6OS/c1-6-9-7-4-2-3-5-8(7)10-6/h2-5H,1H2. The molecule has 0 amide bonds. The molecule has 1 aromatic rings. The number of thioether (sulfide) groups is 1. The van der Waals surface area contributed by atoms with Gasteiger partial charge in [-0.05, 0) is 30.5 Å². The van der Waals surface area contributed by atoms with Gasteiger partial charge in [0.1, 0.15) is 5.75 Å². The highest BCUT2D eigenvalue weighted by molar-refractivity contribution is 8.03. The monoisotopic (exact) mass is 150 g/mol. The van der Waals surface area contributed by atoms with Crippen molar-refractivity contribution in [2.75, 3.05) is 0 Å². The second-order valence-corrected chi connectivity index (χ2v) is 3.12. The van der Waals surface area contributed by atoms with Crippen molar-refractivity contribution in [2.45, 2.75) is 4.90 Å². The number of benzene rings is 1. The summed E-state index contributed by atoms with van der Waals surface area (Å²) in [4.78, 5) is 1.16. The average Bonchev–Trinajstić information content (AvgIpc) is 2.27. The fraction of sp³-hybridized carbons (Fsp3) is 0. The summed E-state index contributed by atoms with van der Waals surface area (Å²) in [7, 11) is 0. The zero-order chi connectivity index (χ0) is 6.97. The van der Waals surface area contributed by atoms with E-state index in [9.17, 15) is 0 Å². The lowest BCUT2D eigenvalue weighted by Gasteiger charge is -1.92. The molecule has 0 aromatic heterocycles. The van der Waals surface area contributed by atoms with Gasteiger partial charge >= 0.3 is 0 Å². The SMILES string of the molecule is C=C1Oc2ccccc2S1. The predicted molar refractivity (Wildman–Crippen MR) is 42.1 cm³/mol. The van der Waals surface area contributed by atoms with Crippen LogP contribution >= 0.6 is 11.8 Å². The van der Waals surface area contributed by atoms with E-state index in [2.05, 4.69) is 6.58 Å². The Bertz CT molecular complexity index is 253. The quantitative estimate of drug-likeness (QED) is 0.562. The Balaban J connectivity index is 2.51. The third kappa shape index (κ3) is 0.809. The van der Waals surface area contributed by atoms with Gasteiger partial charge in [-0.3, -0.25) is 0 Å². The Morgan fingerprint density at radius 2 is 2.10 bits per heavy atom. The first-order valence-electron chi connectivity index (χ1n) is 3.00. The Kier molecular flexibility index (Phi) is 1.21. The van der Waals surface area contributed by atoms with E-state index >= 15 is 0 Å². The molecule has 50 valence electrons. The lowest BCUT2D eigenvalue weighted by Crippen LogP contribution is -1.78. The van der Waals surface area contributed by atoms with Gasteiger partial charge in [-0.1, -0.05) is 12.1 Å². The average molecular weight is 150 g/mol. The van der Waals surface area contributed by atoms with E-state index in [-0.39, 0.29) is 0 Å². The minimum Gasteiger partial charge on any atom is -0.450 e. The van der Waals surface area contributed by atoms with Gasteiger partial charge in [0, 0.05) is 0 Å². The number of hydrogen-bond donors (Lipinski definition) is 0. The molecule has 10 heavy (non-hydrogen) atoms. The molecule has 0 spiro atoms. The van der Waals surface area contributed by atoms with Gasteiger partial charge in [-0.2, -0.15) is 0 Å². The maximum Gasteiger partial charge on any atom is 0.158 e. The van der Waals surface area contributed by atoms with Crippen LogP contribution < -0.4 is 4.74 Å². The molecule has 1 nitrogen and oxygen atoms in total. The van der Waals surface area contributed by atoms with Crippen LogP contribution in [0.1, 0.15) is 0 Å². The maximum absolute atomic E-state index is 5.28. The second kappa shape index (κ2) is 2.06. The Labute approximate surface area is 63.7 Å². The Morgan fingerprint density at radius 3 is 2.90 bits per heavy atom. The predicted octanol–water partition coefficient (Wildman–Crippen LogP) is 2.64. The maximum atomic E-state index is 5.28. The number of para-hydroxylation sites is 1. The molecule has 0 saturated carbocycles. The van der Waals surface area contributed by atoms with Gasteiger partial charge in [0.15, 0.2) is 5.09 Å². The van der Waals surface area contributed by atoms with Crippen molar-refractivity contribution in [2.24, 2.45) is 0 Å². The van der Waals surface area contributed by atoms with Crippen LogP contribution in [-0.2, 0) is 0 Å². The molecule has 0 atom stereocenters. The summed E-state index contributed by atoms with van der Waals surface area (Å²) in [6.45, 7) is 3.71. The highest BCUT2D eigenvalue weighted by atomic mass is 32.2. The summed E-state index contributed by atoms with van der Waals surface area (Å²) in [5.41, 5.74) is 0. The van der Waals surface area contributed by atoms with Crippen LogP contribution in [0.3, 0.4) is 0 Å². The zero-order valence-electron chi connectivity index (χ0n) is 5.33. The van der Waals surface area contributed by atoms with E-state index < -0.39 is 0 Å². The van der Waals surface area contributed by atoms with Gasteiger partial charge in [0.25, 0.3) is 0 Å². The van der Waals surface area contributed by atoms with E-state index in [1.165, 1.54) is 0 Å². The number of fused-ring (bicyclic) bond motifs is 1. The molecule has 1 aromatic carbocycles. The Hall–Kier alpha value is -0.890. The third-order valence-electron chi connectivity index (χ3n) is 1.30. The smallest absolute Gasteiger partial charge is 0.158 e. The molecule has 1 heterocycles. The van der Waals surface area contributed by atoms with E-state index in [1.807, 2.05) is 24.3 Å². The van der Waals surface area contributed by atoms with Crippen molar-refractivity contribution in [3.05, 3.63) is 35.9 Å². The molecule has 0 unspecified atom stereocenters. The van der Waals surface area contributed by atoms with Crippen LogP contribution in [0.2, 0.25) is 0 Å². The summed E-state index contributed by atoms with van der Waals surface area (Å²) in [6.07, 6.45) is 0. The van der Waals surface area contributed by atoms with Crippen molar-refractivity contribution >= 4 is 11.8 Å². The van der Waals surface area contributed by atoms with E-state index in [4.69, 9.17) is 4.74 Å². The molecule has 1 aliphatic rings. The fourth-order valence-electron chi connectivity index (χ4n) is 0.885. The first-order chi connectivity index (χ1) is 4.86. The van der Waals surface area contributed by atoms with Crippen LogP contribution in [0.15, 0.2) is 40.8 Å². The number of ether oxygens (including phenoxy) is 1. The summed E-state index contributed by atoms with van der Waals surface area (Å²) in [5, 5.41) is 0.765. The van der Waals surface area contributed by atoms with Gasteiger partial charge in [-0.15, -0.1) is 0 Å². The van der Waals surface area contributed by atoms with Crippen molar-refractivity contribution in [1.29, 1.82) is 0 Å². The van der Waals surface area contributed by atoms with Crippen LogP contribution in [0.5, 0.6) is 5.75 Å². The van der Waals surface area contributed by atoms with Crippen LogP contribution in [-0.4, -0.2) is 0 Å². The van der Waals surface area contributed by atoms with Crippen molar-refractivity contribution in [3.63, 3.8) is 0 Å². The third-order valence-corrected chi connectivity index (χ3v) is 2.16. The van der Waals surface area contributed by atoms with Gasteiger partial charge in [0.2, 0.25) is 0 Å². The van der Waals surface area contributed by atoms with E-state index in [1.54, 1.807) is 11.8 Å². The molecule has 0 saturated heterocycles. The van der Waals surface area contributed by atoms with Gasteiger partial charge < -0.3 is 4.74 Å². The van der Waals surface area contributed by atoms with E-state index in [0.717, 1.165) is 15.7 Å². The van der Waals surface area contributed by atoms with Gasteiger partial charge in [0.05, 0.1) is 4.90 Å². The summed E-state index contributed by atoms with van der Waals surface area (Å²) in [6, 6.07) is 7.92. The molecule has 2 rings (SSSR count). The highest BCUT2D eigenvalue weighted by Crippen LogP contribution is 2.41. The topological polar surface area (TPSA) is 9.23 Å². The molecular formula is C8H6OS. The second-order valence-electron chi connectivity index (χ2n) is 2.02. The minimum absolute atomic E-state index is 0.765. The molecule has 1 aliphatic heterocycles. The fourth-order valence-corrected chi connectivity index (χ4v) is 1.62. The van der Waals surface area contributed by atoms with Crippen molar-refractivity contribution in [1.82, 2.24) is 0 Å². The van der Waals surface area contributed by atoms with Crippen LogP contribution in [0.25, 0.3) is 0 Å². The lowest BCUT2D eigenvalue weighted by molar-refractivity contribution is 0.470. The first-order valence-corrected chi connectivity index (χ1v) is 3.81. The number of hydrogen-bond acceptors (Lipinski definition) is 2. The zero-order valence-corrected chi connectivity index (χ0v) is 6.15. The molecule has 0 radical (unpaired) electrons. The van der Waals surface area contributed by atoms with Crippen molar-refractivity contribution < 1.29 is 4.74 Å². The first kappa shape index (κ1) is 5.86.